The second-order valence-corrected chi connectivity index (χ2v) is 6.64. The van der Waals surface area contributed by atoms with Crippen molar-refractivity contribution in [2.45, 2.75) is 32.8 Å². The Morgan fingerprint density at radius 2 is 1.96 bits per heavy atom. The summed E-state index contributed by atoms with van der Waals surface area (Å²) in [6.45, 7) is 2.49. The largest absolute Gasteiger partial charge is 0.493 e. The monoisotopic (exact) mass is 418 g/mol. The number of carbonyl (C=O) groups is 1. The summed E-state index contributed by atoms with van der Waals surface area (Å²) >= 11 is 3.41. The summed E-state index contributed by atoms with van der Waals surface area (Å²) < 4.78 is 12.3. The lowest BCUT2D eigenvalue weighted by Gasteiger charge is -2.11. The van der Waals surface area contributed by atoms with Gasteiger partial charge in [-0.15, -0.1) is 0 Å². The minimum absolute atomic E-state index is 0.0792. The number of hydrogen-bond donors (Lipinski definition) is 1. The average molecular weight is 419 g/mol. The third-order valence-corrected chi connectivity index (χ3v) is 4.18. The summed E-state index contributed by atoms with van der Waals surface area (Å²) in [4.78, 5) is 11.5. The number of nitrogens with zero attached hydrogens (tertiary/aromatic N) is 1. The molecule has 138 valence electrons. The highest BCUT2D eigenvalue weighted by Crippen LogP contribution is 2.28. The number of ether oxygens (including phenoxy) is 2. The molecule has 0 heterocycles. The van der Waals surface area contributed by atoms with Crippen molar-refractivity contribution < 1.29 is 14.3 Å². The molecule has 5 nitrogen and oxygen atoms in total. The van der Waals surface area contributed by atoms with E-state index in [1.165, 1.54) is 0 Å². The van der Waals surface area contributed by atoms with Crippen LogP contribution in [0.2, 0.25) is 0 Å². The van der Waals surface area contributed by atoms with Crippen molar-refractivity contribution in [1.29, 1.82) is 0 Å². The maximum absolute atomic E-state index is 11.5. The van der Waals surface area contributed by atoms with Crippen LogP contribution in [0.5, 0.6) is 11.5 Å². The van der Waals surface area contributed by atoms with Crippen LogP contribution >= 0.6 is 15.9 Å². The first-order valence-corrected chi connectivity index (χ1v) is 9.29. The smallest absolute Gasteiger partial charge is 0.240 e. The van der Waals surface area contributed by atoms with E-state index >= 15 is 0 Å². The van der Waals surface area contributed by atoms with Crippen LogP contribution in [0.25, 0.3) is 0 Å². The first-order valence-electron chi connectivity index (χ1n) is 8.49. The highest BCUT2D eigenvalue weighted by atomic mass is 79.9. The first-order chi connectivity index (χ1) is 12.6. The summed E-state index contributed by atoms with van der Waals surface area (Å²) in [5.74, 6) is 1.19. The quantitative estimate of drug-likeness (QED) is 0.475. The molecule has 1 amide bonds. The third-order valence-electron chi connectivity index (χ3n) is 3.66. The van der Waals surface area contributed by atoms with Crippen molar-refractivity contribution in [3.63, 3.8) is 0 Å². The van der Waals surface area contributed by atoms with Crippen LogP contribution in [0.3, 0.4) is 0 Å². The zero-order valence-electron chi connectivity index (χ0n) is 15.0. The second-order valence-electron chi connectivity index (χ2n) is 5.72. The molecule has 0 aromatic heterocycles. The summed E-state index contributed by atoms with van der Waals surface area (Å²) in [5.41, 5.74) is 4.40. The number of rotatable bonds is 9. The SMILES string of the molecule is CCCCC(=O)N/N=C/c1ccc(OCc2ccc(Br)cc2)c(OC)c1. The van der Waals surface area contributed by atoms with Gasteiger partial charge in [-0.2, -0.15) is 5.10 Å². The maximum Gasteiger partial charge on any atom is 0.240 e. The molecule has 0 aliphatic heterocycles. The van der Waals surface area contributed by atoms with Crippen molar-refractivity contribution in [3.05, 3.63) is 58.1 Å². The van der Waals surface area contributed by atoms with Gasteiger partial charge in [0.25, 0.3) is 0 Å². The summed E-state index contributed by atoms with van der Waals surface area (Å²) in [7, 11) is 1.59. The van der Waals surface area contributed by atoms with Gasteiger partial charge in [0, 0.05) is 10.9 Å². The van der Waals surface area contributed by atoms with Gasteiger partial charge in [0.15, 0.2) is 11.5 Å². The van der Waals surface area contributed by atoms with E-state index in [0.717, 1.165) is 28.4 Å². The van der Waals surface area contributed by atoms with E-state index in [-0.39, 0.29) is 5.91 Å². The number of hydrogen-bond acceptors (Lipinski definition) is 4. The van der Waals surface area contributed by atoms with Gasteiger partial charge >= 0.3 is 0 Å². The molecule has 1 N–H and O–H groups in total. The van der Waals surface area contributed by atoms with Crippen molar-refractivity contribution in [1.82, 2.24) is 5.43 Å². The molecule has 0 atom stereocenters. The van der Waals surface area contributed by atoms with E-state index in [9.17, 15) is 4.79 Å². The van der Waals surface area contributed by atoms with Crippen LogP contribution in [0, 0.1) is 0 Å². The first kappa shape index (κ1) is 20.0. The van der Waals surface area contributed by atoms with Crippen molar-refractivity contribution in [3.8, 4) is 11.5 Å². The summed E-state index contributed by atoms with van der Waals surface area (Å²) in [5, 5.41) is 3.98. The standard InChI is InChI=1S/C20H23BrN2O3/c1-3-4-5-20(24)23-22-13-16-8-11-18(19(12-16)25-2)26-14-15-6-9-17(21)10-7-15/h6-13H,3-5,14H2,1-2H3,(H,23,24)/b22-13+. The molecule has 6 heteroatoms. The molecule has 2 aromatic rings. The second kappa shape index (κ2) is 10.6. The zero-order chi connectivity index (χ0) is 18.8. The fourth-order valence-electron chi connectivity index (χ4n) is 2.20. The Hall–Kier alpha value is -2.34. The number of halogens is 1. The Morgan fingerprint density at radius 3 is 2.65 bits per heavy atom. The fourth-order valence-corrected chi connectivity index (χ4v) is 2.46. The van der Waals surface area contributed by atoms with E-state index in [2.05, 4.69) is 26.5 Å². The zero-order valence-corrected chi connectivity index (χ0v) is 16.6. The summed E-state index contributed by atoms with van der Waals surface area (Å²) in [6, 6.07) is 13.5. The van der Waals surface area contributed by atoms with E-state index in [0.29, 0.717) is 24.5 Å². The fraction of sp³-hybridized carbons (Fsp3) is 0.300. The Kier molecular flexibility index (Phi) is 8.15. The molecule has 0 bridgehead atoms. The highest BCUT2D eigenvalue weighted by molar-refractivity contribution is 9.10. The van der Waals surface area contributed by atoms with Gasteiger partial charge in [-0.25, -0.2) is 5.43 Å². The van der Waals surface area contributed by atoms with Gasteiger partial charge in [-0.05, 0) is 47.9 Å². The number of benzene rings is 2. The van der Waals surface area contributed by atoms with E-state index in [4.69, 9.17) is 9.47 Å². The van der Waals surface area contributed by atoms with Gasteiger partial charge < -0.3 is 9.47 Å². The van der Waals surface area contributed by atoms with Gasteiger partial charge in [0.05, 0.1) is 13.3 Å². The van der Waals surface area contributed by atoms with Crippen LogP contribution in [0.15, 0.2) is 52.0 Å². The molecule has 0 saturated heterocycles. The number of methoxy groups -OCH3 is 1. The van der Waals surface area contributed by atoms with Gasteiger partial charge in [0.1, 0.15) is 6.61 Å². The molecule has 26 heavy (non-hydrogen) atoms. The molecule has 2 aromatic carbocycles. The van der Waals surface area contributed by atoms with Crippen LogP contribution in [-0.4, -0.2) is 19.2 Å². The summed E-state index contributed by atoms with van der Waals surface area (Å²) in [6.07, 6.45) is 3.92. The topological polar surface area (TPSA) is 59.9 Å². The molecule has 0 fully saturated rings. The Balaban J connectivity index is 1.95. The van der Waals surface area contributed by atoms with Gasteiger partial charge in [-0.1, -0.05) is 41.4 Å². The lowest BCUT2D eigenvalue weighted by molar-refractivity contribution is -0.121. The van der Waals surface area contributed by atoms with E-state index < -0.39 is 0 Å². The van der Waals surface area contributed by atoms with Crippen molar-refractivity contribution in [2.75, 3.05) is 7.11 Å². The Morgan fingerprint density at radius 1 is 1.19 bits per heavy atom. The molecule has 0 saturated carbocycles. The predicted octanol–water partition coefficient (Wildman–Crippen LogP) is 4.68. The van der Waals surface area contributed by atoms with E-state index in [1.54, 1.807) is 13.3 Å². The maximum atomic E-state index is 11.5. The minimum atomic E-state index is -0.0792. The van der Waals surface area contributed by atoms with Crippen molar-refractivity contribution >= 4 is 28.1 Å². The van der Waals surface area contributed by atoms with E-state index in [1.807, 2.05) is 49.4 Å². The van der Waals surface area contributed by atoms with Gasteiger partial charge in [0.2, 0.25) is 5.91 Å². The number of carbonyl (C=O) groups excluding carboxylic acids is 1. The lowest BCUT2D eigenvalue weighted by atomic mass is 10.2. The molecule has 0 aliphatic rings. The number of amides is 1. The molecule has 2 rings (SSSR count). The number of hydrazone groups is 1. The highest BCUT2D eigenvalue weighted by Gasteiger charge is 2.06. The Labute approximate surface area is 162 Å². The van der Waals surface area contributed by atoms with Crippen LogP contribution in [-0.2, 0) is 11.4 Å². The molecule has 0 radical (unpaired) electrons. The normalized spacial score (nSPS) is 10.7. The van der Waals surface area contributed by atoms with Gasteiger partial charge in [-0.3, -0.25) is 4.79 Å². The number of nitrogens with one attached hydrogen (secondary N) is 1. The molecular weight excluding hydrogens is 396 g/mol. The Bertz CT molecular complexity index is 745. The van der Waals surface area contributed by atoms with Crippen LogP contribution in [0.1, 0.15) is 37.3 Å². The number of unbranched alkanes of at least 4 members (excludes halogenated alkanes) is 1. The molecule has 0 unspecified atom stereocenters. The third kappa shape index (κ3) is 6.52. The predicted molar refractivity (Wildman–Crippen MR) is 107 cm³/mol. The van der Waals surface area contributed by atoms with Crippen LogP contribution in [0.4, 0.5) is 0 Å². The van der Waals surface area contributed by atoms with Crippen molar-refractivity contribution in [2.24, 2.45) is 5.10 Å². The average Bonchev–Trinajstić information content (AvgIpc) is 2.66. The molecule has 0 aliphatic carbocycles. The molecule has 0 spiro atoms. The lowest BCUT2D eigenvalue weighted by Crippen LogP contribution is -2.16. The molecular formula is C20H23BrN2O3. The van der Waals surface area contributed by atoms with Crippen LogP contribution < -0.4 is 14.9 Å². The minimum Gasteiger partial charge on any atom is -0.493 e.